The Labute approximate surface area is 196 Å². The second kappa shape index (κ2) is 7.81. The van der Waals surface area contributed by atoms with Crippen LogP contribution in [0.5, 0.6) is 11.8 Å². The Morgan fingerprint density at radius 2 is 2.00 bits per heavy atom. The van der Waals surface area contributed by atoms with Crippen molar-refractivity contribution in [3.63, 3.8) is 0 Å². The van der Waals surface area contributed by atoms with Crippen LogP contribution in [0.3, 0.4) is 0 Å². The van der Waals surface area contributed by atoms with Crippen LogP contribution in [0.25, 0.3) is 11.3 Å². The Hall–Kier alpha value is -2.97. The van der Waals surface area contributed by atoms with Gasteiger partial charge in [-0.15, -0.1) is 0 Å². The molecule has 6 rings (SSSR count). The highest BCUT2D eigenvalue weighted by Crippen LogP contribution is 2.42. The summed E-state index contributed by atoms with van der Waals surface area (Å²) < 4.78 is 6.37. The third kappa shape index (κ3) is 3.31. The van der Waals surface area contributed by atoms with E-state index in [0.29, 0.717) is 24.8 Å². The Morgan fingerprint density at radius 3 is 2.85 bits per heavy atom. The number of H-pyrrole nitrogens is 1. The maximum Gasteiger partial charge on any atom is 0.253 e. The summed E-state index contributed by atoms with van der Waals surface area (Å²) >= 11 is 6.23. The third-order valence-electron chi connectivity index (χ3n) is 6.91. The minimum atomic E-state index is 0.0205. The topological polar surface area (TPSA) is 96.0 Å². The summed E-state index contributed by atoms with van der Waals surface area (Å²) in [6.07, 6.45) is 5.93. The van der Waals surface area contributed by atoms with Gasteiger partial charge in [-0.1, -0.05) is 6.92 Å². The Morgan fingerprint density at radius 1 is 1.12 bits per heavy atom. The second-order valence-electron chi connectivity index (χ2n) is 8.95. The molecule has 3 aromatic heterocycles. The summed E-state index contributed by atoms with van der Waals surface area (Å²) in [5.41, 5.74) is 9.17. The van der Waals surface area contributed by atoms with E-state index in [4.69, 9.17) is 21.3 Å². The average Bonchev–Trinajstić information content (AvgIpc) is 3.19. The lowest BCUT2D eigenvalue weighted by atomic mass is 9.85. The number of pyridine rings is 1. The van der Waals surface area contributed by atoms with E-state index in [-0.39, 0.29) is 11.2 Å². The number of likely N-dealkylation sites (N-methyl/N-ethyl adjacent to an activating group) is 1. The maximum absolute atomic E-state index is 12.6. The molecule has 33 heavy (non-hydrogen) atoms. The van der Waals surface area contributed by atoms with Gasteiger partial charge in [-0.2, -0.15) is 4.98 Å². The monoisotopic (exact) mass is 464 g/mol. The van der Waals surface area contributed by atoms with Crippen LogP contribution in [0, 0.1) is 0 Å². The van der Waals surface area contributed by atoms with Gasteiger partial charge in [-0.3, -0.25) is 4.79 Å². The number of carbonyl (C=O) groups excluding carboxylic acids is 1. The highest BCUT2D eigenvalue weighted by Gasteiger charge is 2.32. The van der Waals surface area contributed by atoms with Crippen LogP contribution in [0.2, 0.25) is 5.28 Å². The summed E-state index contributed by atoms with van der Waals surface area (Å²) in [5.74, 6) is 1.03. The number of nitrogens with zero attached hydrogens (tertiary/aromatic N) is 4. The number of rotatable bonds is 3. The minimum absolute atomic E-state index is 0.0205. The minimum Gasteiger partial charge on any atom is -0.420 e. The summed E-state index contributed by atoms with van der Waals surface area (Å²) in [4.78, 5) is 31.9. The number of ether oxygens (including phenoxy) is 1. The zero-order valence-corrected chi connectivity index (χ0v) is 19.5. The zero-order chi connectivity index (χ0) is 22.7. The van der Waals surface area contributed by atoms with Crippen molar-refractivity contribution in [2.75, 3.05) is 20.1 Å². The lowest BCUT2D eigenvalue weighted by Crippen LogP contribution is -2.32. The second-order valence-corrected chi connectivity index (χ2v) is 9.28. The zero-order valence-electron chi connectivity index (χ0n) is 18.7. The van der Waals surface area contributed by atoms with Crippen molar-refractivity contribution in [1.29, 1.82) is 0 Å². The molecule has 0 fully saturated rings. The fourth-order valence-corrected chi connectivity index (χ4v) is 5.51. The number of carbonyl (C=O) groups is 1. The highest BCUT2D eigenvalue weighted by atomic mass is 35.5. The summed E-state index contributed by atoms with van der Waals surface area (Å²) in [6.45, 7) is 4.39. The molecule has 8 nitrogen and oxygen atoms in total. The number of aromatic nitrogens is 4. The molecule has 0 bridgehead atoms. The molecule has 2 aliphatic heterocycles. The molecule has 1 amide bonds. The van der Waals surface area contributed by atoms with Gasteiger partial charge in [0.25, 0.3) is 5.91 Å². The van der Waals surface area contributed by atoms with E-state index in [9.17, 15) is 4.79 Å². The van der Waals surface area contributed by atoms with Gasteiger partial charge in [0, 0.05) is 55.5 Å². The first-order chi connectivity index (χ1) is 16.0. The molecule has 0 unspecified atom stereocenters. The fraction of sp³-hybridized carbons (Fsp3) is 0.417. The number of nitrogens with one attached hydrogen (secondary N) is 2. The van der Waals surface area contributed by atoms with Crippen LogP contribution >= 0.6 is 11.6 Å². The molecule has 5 heterocycles. The van der Waals surface area contributed by atoms with E-state index in [0.717, 1.165) is 83.5 Å². The van der Waals surface area contributed by atoms with Gasteiger partial charge in [0.15, 0.2) is 0 Å². The molecule has 0 saturated heterocycles. The van der Waals surface area contributed by atoms with Gasteiger partial charge in [0.2, 0.25) is 17.0 Å². The van der Waals surface area contributed by atoms with Crippen molar-refractivity contribution in [2.45, 2.75) is 45.6 Å². The van der Waals surface area contributed by atoms with Crippen LogP contribution in [-0.2, 0) is 38.6 Å². The van der Waals surface area contributed by atoms with Crippen molar-refractivity contribution >= 4 is 17.5 Å². The molecule has 3 aliphatic rings. The van der Waals surface area contributed by atoms with Gasteiger partial charge in [0.05, 0.1) is 22.5 Å². The van der Waals surface area contributed by atoms with Crippen molar-refractivity contribution in [3.8, 4) is 23.0 Å². The standard InChI is InChI=1S/C24H25ClN6O2/c1-3-13-18-12(4-5-14-19-17(28-20(14)18)6-8-26-21(19)32)10-27-22(13)33-23-15-11-31(2)9-7-16(15)29-24(25)30-23/h10,28H,3-9,11H2,1-2H3,(H,26,32). The van der Waals surface area contributed by atoms with E-state index in [1.807, 2.05) is 6.20 Å². The molecular formula is C24H25ClN6O2. The van der Waals surface area contributed by atoms with E-state index >= 15 is 0 Å². The molecule has 0 atom stereocenters. The van der Waals surface area contributed by atoms with Gasteiger partial charge in [-0.05, 0) is 49.0 Å². The largest absolute Gasteiger partial charge is 0.420 e. The van der Waals surface area contributed by atoms with Crippen molar-refractivity contribution in [1.82, 2.24) is 30.2 Å². The van der Waals surface area contributed by atoms with Crippen LogP contribution < -0.4 is 10.1 Å². The summed E-state index contributed by atoms with van der Waals surface area (Å²) in [7, 11) is 2.07. The lowest BCUT2D eigenvalue weighted by Gasteiger charge is -2.26. The molecule has 1 aliphatic carbocycles. The van der Waals surface area contributed by atoms with Crippen LogP contribution in [-0.4, -0.2) is 50.9 Å². The molecule has 0 spiro atoms. The fourth-order valence-electron chi connectivity index (χ4n) is 5.33. The van der Waals surface area contributed by atoms with Crippen molar-refractivity contribution in [2.24, 2.45) is 0 Å². The number of aryl methyl sites for hydroxylation is 1. The van der Waals surface area contributed by atoms with E-state index < -0.39 is 0 Å². The number of amides is 1. The Kier molecular flexibility index (Phi) is 4.88. The normalized spacial score (nSPS) is 17.0. The maximum atomic E-state index is 12.6. The Balaban J connectivity index is 1.47. The predicted octanol–water partition coefficient (Wildman–Crippen LogP) is 3.25. The lowest BCUT2D eigenvalue weighted by molar-refractivity contribution is 0.0945. The molecular weight excluding hydrogens is 440 g/mol. The Bertz CT molecular complexity index is 1300. The molecule has 0 aromatic carbocycles. The first kappa shape index (κ1) is 20.6. The molecule has 0 saturated carbocycles. The molecule has 3 aromatic rings. The molecule has 2 N–H and O–H groups in total. The highest BCUT2D eigenvalue weighted by molar-refractivity contribution is 6.28. The van der Waals surface area contributed by atoms with E-state index in [2.05, 4.69) is 39.1 Å². The van der Waals surface area contributed by atoms with Crippen LogP contribution in [0.1, 0.15) is 50.9 Å². The van der Waals surface area contributed by atoms with Crippen molar-refractivity contribution in [3.05, 3.63) is 50.7 Å². The van der Waals surface area contributed by atoms with Gasteiger partial charge in [-0.25, -0.2) is 9.97 Å². The molecule has 0 radical (unpaired) electrons. The molecule has 9 heteroatoms. The third-order valence-corrected chi connectivity index (χ3v) is 7.08. The van der Waals surface area contributed by atoms with Crippen LogP contribution in [0.15, 0.2) is 6.20 Å². The van der Waals surface area contributed by atoms with Gasteiger partial charge in [0.1, 0.15) is 0 Å². The first-order valence-corrected chi connectivity index (χ1v) is 11.9. The smallest absolute Gasteiger partial charge is 0.253 e. The number of hydrogen-bond acceptors (Lipinski definition) is 6. The first-order valence-electron chi connectivity index (χ1n) is 11.5. The van der Waals surface area contributed by atoms with Crippen molar-refractivity contribution < 1.29 is 9.53 Å². The summed E-state index contributed by atoms with van der Waals surface area (Å²) in [5, 5.41) is 3.17. The number of fused-ring (bicyclic) bond motifs is 6. The van der Waals surface area contributed by atoms with Gasteiger partial charge < -0.3 is 19.9 Å². The average molecular weight is 465 g/mol. The predicted molar refractivity (Wildman–Crippen MR) is 124 cm³/mol. The quantitative estimate of drug-likeness (QED) is 0.578. The summed E-state index contributed by atoms with van der Waals surface area (Å²) in [6, 6.07) is 0. The number of hydrogen-bond donors (Lipinski definition) is 2. The van der Waals surface area contributed by atoms with Crippen LogP contribution in [0.4, 0.5) is 0 Å². The van der Waals surface area contributed by atoms with Gasteiger partial charge >= 0.3 is 0 Å². The number of halogens is 1. The number of aromatic amines is 1. The van der Waals surface area contributed by atoms with E-state index in [1.165, 1.54) is 5.56 Å². The van der Waals surface area contributed by atoms with E-state index in [1.54, 1.807) is 0 Å². The SMILES string of the molecule is CCc1c(Oc2nc(Cl)nc3c2CN(C)CC3)ncc2c1-c1[nH]c3c(c1CC2)C(=O)NCC3. The molecule has 170 valence electrons.